The molecule has 0 aliphatic carbocycles. The van der Waals surface area contributed by atoms with E-state index in [1.807, 2.05) is 19.9 Å². The van der Waals surface area contributed by atoms with Crippen LogP contribution < -0.4 is 15.8 Å². The Labute approximate surface area is 268 Å². The molecule has 1 aliphatic rings. The molecular formula is C32H40F2N6O5S. The third kappa shape index (κ3) is 8.36. The van der Waals surface area contributed by atoms with Crippen molar-refractivity contribution in [3.8, 4) is 11.6 Å². The molecule has 3 aromatic rings. The van der Waals surface area contributed by atoms with Crippen LogP contribution in [0.2, 0.25) is 0 Å². The van der Waals surface area contributed by atoms with E-state index < -0.39 is 39.2 Å². The number of nitrogens with two attached hydrogens (primary N) is 1. The molecule has 0 radical (unpaired) electrons. The zero-order chi connectivity index (χ0) is 33.6. The molecule has 2 aromatic carbocycles. The third-order valence-electron chi connectivity index (χ3n) is 7.96. The van der Waals surface area contributed by atoms with E-state index in [4.69, 9.17) is 10.5 Å². The van der Waals surface area contributed by atoms with E-state index in [1.54, 1.807) is 23.1 Å². The summed E-state index contributed by atoms with van der Waals surface area (Å²) in [6.07, 6.45) is 3.01. The number of carbonyl (C=O) groups is 2. The molecule has 1 aliphatic heterocycles. The van der Waals surface area contributed by atoms with Gasteiger partial charge in [-0.3, -0.25) is 9.69 Å². The SMILES string of the molecule is CCCCN(C(=O)Nc1cc(C(N)=O)c(F)cc1F)C1CCN(Cc2ccc(Oc3ccc(S(=O)(=O)N(C)C)cc3)nc2C)CC1. The number of unbranched alkanes of at least 4 members (excludes halogenated alkanes) is 1. The number of halogens is 2. The molecule has 0 saturated carbocycles. The highest BCUT2D eigenvalue weighted by molar-refractivity contribution is 7.89. The van der Waals surface area contributed by atoms with Gasteiger partial charge in [0.15, 0.2) is 0 Å². The number of benzene rings is 2. The second kappa shape index (κ2) is 15.0. The highest BCUT2D eigenvalue weighted by Gasteiger charge is 2.29. The standard InChI is InChI=1S/C32H40F2N6O5S/c1-5-6-15-40(32(42)37-29-18-26(31(35)41)27(33)19-28(29)34)23-13-16-39(17-14-23)20-22-7-12-30(36-21(22)2)45-24-8-10-25(11-9-24)46(43,44)38(3)4/h7-12,18-19,23H,5-6,13-17,20H2,1-4H3,(H2,35,41)(H,37,42). The van der Waals surface area contributed by atoms with Crippen LogP contribution in [0.25, 0.3) is 0 Å². The summed E-state index contributed by atoms with van der Waals surface area (Å²) in [5.41, 5.74) is 6.21. The fourth-order valence-electron chi connectivity index (χ4n) is 5.23. The van der Waals surface area contributed by atoms with Crippen LogP contribution in [0.4, 0.5) is 19.3 Å². The normalized spacial score (nSPS) is 14.3. The quantitative estimate of drug-likeness (QED) is 0.276. The number of amides is 3. The monoisotopic (exact) mass is 658 g/mol. The van der Waals surface area contributed by atoms with Gasteiger partial charge in [-0.2, -0.15) is 0 Å². The summed E-state index contributed by atoms with van der Waals surface area (Å²) in [7, 11) is -0.585. The Morgan fingerprint density at radius 2 is 1.74 bits per heavy atom. The van der Waals surface area contributed by atoms with Crippen molar-refractivity contribution >= 4 is 27.6 Å². The van der Waals surface area contributed by atoms with E-state index >= 15 is 0 Å². The summed E-state index contributed by atoms with van der Waals surface area (Å²) in [5.74, 6) is -2.28. The van der Waals surface area contributed by atoms with Crippen molar-refractivity contribution in [2.45, 2.75) is 57.0 Å². The maximum absolute atomic E-state index is 14.4. The lowest BCUT2D eigenvalue weighted by molar-refractivity contribution is 0.0996. The number of primary amides is 1. The van der Waals surface area contributed by atoms with Crippen molar-refractivity contribution in [2.75, 3.05) is 39.0 Å². The van der Waals surface area contributed by atoms with Crippen molar-refractivity contribution in [1.29, 1.82) is 0 Å². The van der Waals surface area contributed by atoms with Gasteiger partial charge in [-0.15, -0.1) is 0 Å². The predicted octanol–water partition coefficient (Wildman–Crippen LogP) is 5.11. The minimum absolute atomic E-state index is 0.0870. The first-order chi connectivity index (χ1) is 21.8. The molecule has 11 nitrogen and oxygen atoms in total. The van der Waals surface area contributed by atoms with E-state index in [-0.39, 0.29) is 16.6 Å². The van der Waals surface area contributed by atoms with Crippen molar-refractivity contribution in [2.24, 2.45) is 5.73 Å². The Kier molecular flexibility index (Phi) is 11.3. The maximum atomic E-state index is 14.4. The van der Waals surface area contributed by atoms with Crippen molar-refractivity contribution < 1.29 is 31.5 Å². The van der Waals surface area contributed by atoms with E-state index in [0.717, 1.165) is 47.6 Å². The van der Waals surface area contributed by atoms with Gasteiger partial charge in [0.05, 0.1) is 16.1 Å². The summed E-state index contributed by atoms with van der Waals surface area (Å²) < 4.78 is 60.0. The Morgan fingerprint density at radius 1 is 1.07 bits per heavy atom. The molecule has 0 bridgehead atoms. The van der Waals surface area contributed by atoms with Gasteiger partial charge in [0.25, 0.3) is 5.91 Å². The topological polar surface area (TPSA) is 138 Å². The van der Waals surface area contributed by atoms with Crippen LogP contribution in [0.5, 0.6) is 11.6 Å². The number of ether oxygens (including phenoxy) is 1. The van der Waals surface area contributed by atoms with Crippen molar-refractivity contribution in [3.63, 3.8) is 0 Å². The number of carbonyl (C=O) groups excluding carboxylic acids is 2. The predicted molar refractivity (Wildman–Crippen MR) is 170 cm³/mol. The van der Waals surface area contributed by atoms with Gasteiger partial charge in [0.2, 0.25) is 15.9 Å². The van der Waals surface area contributed by atoms with Gasteiger partial charge in [-0.05, 0) is 62.1 Å². The van der Waals surface area contributed by atoms with Crippen LogP contribution in [-0.4, -0.2) is 79.2 Å². The molecule has 1 aromatic heterocycles. The summed E-state index contributed by atoms with van der Waals surface area (Å²) in [6, 6.07) is 10.7. The zero-order valence-corrected chi connectivity index (χ0v) is 27.2. The zero-order valence-electron chi connectivity index (χ0n) is 26.4. The van der Waals surface area contributed by atoms with Gasteiger partial charge >= 0.3 is 6.03 Å². The molecule has 0 atom stereocenters. The lowest BCUT2D eigenvalue weighted by Crippen LogP contribution is -2.49. The van der Waals surface area contributed by atoms with Gasteiger partial charge in [0, 0.05) is 64.1 Å². The number of likely N-dealkylation sites (tertiary alicyclic amines) is 1. The molecule has 3 N–H and O–H groups in total. The highest BCUT2D eigenvalue weighted by atomic mass is 32.2. The van der Waals surface area contributed by atoms with Gasteiger partial charge in [-0.1, -0.05) is 19.4 Å². The summed E-state index contributed by atoms with van der Waals surface area (Å²) in [4.78, 5) is 33.5. The maximum Gasteiger partial charge on any atom is 0.322 e. The first-order valence-corrected chi connectivity index (χ1v) is 16.5. The molecule has 0 spiro atoms. The number of nitrogens with one attached hydrogen (secondary N) is 1. The number of pyridine rings is 1. The van der Waals surface area contributed by atoms with Gasteiger partial charge in [-0.25, -0.2) is 31.3 Å². The fourth-order valence-corrected chi connectivity index (χ4v) is 6.13. The summed E-state index contributed by atoms with van der Waals surface area (Å²) in [5, 5.41) is 2.51. The third-order valence-corrected chi connectivity index (χ3v) is 9.79. The Bertz CT molecular complexity index is 1660. The van der Waals surface area contributed by atoms with Crippen LogP contribution in [0.3, 0.4) is 0 Å². The lowest BCUT2D eigenvalue weighted by Gasteiger charge is -2.38. The van der Waals surface area contributed by atoms with Crippen LogP contribution >= 0.6 is 0 Å². The first-order valence-electron chi connectivity index (χ1n) is 15.1. The number of aromatic nitrogens is 1. The molecule has 1 saturated heterocycles. The average Bonchev–Trinajstić information content (AvgIpc) is 3.01. The average molecular weight is 659 g/mol. The molecule has 248 valence electrons. The number of urea groups is 1. The van der Waals surface area contributed by atoms with Crippen LogP contribution in [0.1, 0.15) is 54.2 Å². The number of nitrogens with zero attached hydrogens (tertiary/aromatic N) is 4. The van der Waals surface area contributed by atoms with Crippen LogP contribution in [0.15, 0.2) is 53.4 Å². The van der Waals surface area contributed by atoms with E-state index in [9.17, 15) is 26.8 Å². The van der Waals surface area contributed by atoms with E-state index in [2.05, 4.69) is 15.2 Å². The first kappa shape index (κ1) is 34.7. The van der Waals surface area contributed by atoms with Crippen LogP contribution in [-0.2, 0) is 16.6 Å². The highest BCUT2D eigenvalue weighted by Crippen LogP contribution is 2.26. The molecule has 46 heavy (non-hydrogen) atoms. The van der Waals surface area contributed by atoms with Crippen molar-refractivity contribution in [3.05, 3.63) is 77.0 Å². The Hall–Kier alpha value is -4.14. The number of hydrogen-bond acceptors (Lipinski definition) is 7. The molecule has 1 fully saturated rings. The summed E-state index contributed by atoms with van der Waals surface area (Å²) >= 11 is 0. The van der Waals surface area contributed by atoms with Crippen molar-refractivity contribution in [1.82, 2.24) is 19.1 Å². The molecule has 0 unspecified atom stereocenters. The van der Waals surface area contributed by atoms with Crippen LogP contribution in [0, 0.1) is 18.6 Å². The Balaban J connectivity index is 1.36. The van der Waals surface area contributed by atoms with Gasteiger partial charge < -0.3 is 20.7 Å². The smallest absolute Gasteiger partial charge is 0.322 e. The van der Waals surface area contributed by atoms with Gasteiger partial charge in [0.1, 0.15) is 17.4 Å². The molecular weight excluding hydrogens is 618 g/mol. The number of hydrogen-bond donors (Lipinski definition) is 2. The van der Waals surface area contributed by atoms with E-state index in [0.29, 0.717) is 43.6 Å². The number of aryl methyl sites for hydroxylation is 1. The fraction of sp³-hybridized carbons (Fsp3) is 0.406. The minimum atomic E-state index is -3.53. The second-order valence-electron chi connectivity index (χ2n) is 11.4. The molecule has 2 heterocycles. The molecule has 14 heteroatoms. The molecule has 3 amide bonds. The van der Waals surface area contributed by atoms with E-state index in [1.165, 1.54) is 26.2 Å². The Morgan fingerprint density at radius 3 is 2.33 bits per heavy atom. The number of anilines is 1. The minimum Gasteiger partial charge on any atom is -0.439 e. The second-order valence-corrected chi connectivity index (χ2v) is 13.6. The molecule has 4 rings (SSSR count). The summed E-state index contributed by atoms with van der Waals surface area (Å²) in [6.45, 7) is 6.47. The lowest BCUT2D eigenvalue weighted by atomic mass is 10.0. The number of rotatable bonds is 12. The largest absolute Gasteiger partial charge is 0.439 e. The number of sulfonamides is 1. The number of piperidine rings is 1.